The number of carbonyl (C=O) groups is 2. The van der Waals surface area contributed by atoms with Crippen LogP contribution in [0.3, 0.4) is 0 Å². The van der Waals surface area contributed by atoms with Crippen LogP contribution in [0.5, 0.6) is 0 Å². The first-order valence-corrected chi connectivity index (χ1v) is 11.7. The molecule has 1 unspecified atom stereocenters. The van der Waals surface area contributed by atoms with E-state index in [0.717, 1.165) is 11.1 Å². The lowest BCUT2D eigenvalue weighted by Crippen LogP contribution is -2.54. The number of carbonyl (C=O) groups excluding carboxylic acids is 2. The zero-order valence-electron chi connectivity index (χ0n) is 20.5. The maximum Gasteiger partial charge on any atom is 0.411 e. The highest BCUT2D eigenvalue weighted by molar-refractivity contribution is 5.87. The molecule has 1 amide bonds. The standard InChI is InChI=1S/C28H35NO5/c1-5-6-17-28(25(30)33-21-23-15-11-8-12-16-23)18-24(32-20-22-13-9-7-10-14-22)19-29(28)26(31)34-27(2,3)4/h5-16,24H,17-21H2,1-4H3/t24-,28?/m1/s1. The van der Waals surface area contributed by atoms with E-state index in [9.17, 15) is 9.59 Å². The zero-order valence-corrected chi connectivity index (χ0v) is 20.5. The van der Waals surface area contributed by atoms with E-state index in [4.69, 9.17) is 14.2 Å². The molecular weight excluding hydrogens is 430 g/mol. The second-order valence-corrected chi connectivity index (χ2v) is 9.58. The average Bonchev–Trinajstić information content (AvgIpc) is 3.20. The van der Waals surface area contributed by atoms with Gasteiger partial charge in [-0.25, -0.2) is 9.59 Å². The molecule has 1 aliphatic heterocycles. The van der Waals surface area contributed by atoms with Gasteiger partial charge in [0.2, 0.25) is 0 Å². The monoisotopic (exact) mass is 465 g/mol. The summed E-state index contributed by atoms with van der Waals surface area (Å²) in [4.78, 5) is 28.3. The number of hydrogen-bond acceptors (Lipinski definition) is 5. The molecule has 1 aliphatic rings. The van der Waals surface area contributed by atoms with E-state index in [1.165, 1.54) is 4.90 Å². The number of hydrogen-bond donors (Lipinski definition) is 0. The van der Waals surface area contributed by atoms with Gasteiger partial charge >= 0.3 is 12.1 Å². The summed E-state index contributed by atoms with van der Waals surface area (Å²) in [6, 6.07) is 19.3. The summed E-state index contributed by atoms with van der Waals surface area (Å²) in [5, 5.41) is 0. The molecule has 1 heterocycles. The molecule has 0 saturated carbocycles. The highest BCUT2D eigenvalue weighted by atomic mass is 16.6. The quantitative estimate of drug-likeness (QED) is 0.372. The third-order valence-corrected chi connectivity index (χ3v) is 5.69. The van der Waals surface area contributed by atoms with Crippen LogP contribution in [0.25, 0.3) is 0 Å². The molecule has 0 aliphatic carbocycles. The van der Waals surface area contributed by atoms with Crippen molar-refractivity contribution in [1.29, 1.82) is 0 Å². The van der Waals surface area contributed by atoms with E-state index in [1.807, 2.05) is 101 Å². The lowest BCUT2D eigenvalue weighted by Gasteiger charge is -2.36. The molecule has 2 aromatic rings. The number of allylic oxidation sites excluding steroid dienone is 1. The Kier molecular flexibility index (Phi) is 8.51. The lowest BCUT2D eigenvalue weighted by atomic mass is 9.91. The predicted molar refractivity (Wildman–Crippen MR) is 131 cm³/mol. The van der Waals surface area contributed by atoms with Crippen LogP contribution in [0.2, 0.25) is 0 Å². The van der Waals surface area contributed by atoms with E-state index >= 15 is 0 Å². The Morgan fingerprint density at radius 2 is 1.59 bits per heavy atom. The fraction of sp³-hybridized carbons (Fsp3) is 0.429. The van der Waals surface area contributed by atoms with Crippen LogP contribution in [0.15, 0.2) is 72.8 Å². The van der Waals surface area contributed by atoms with Crippen molar-refractivity contribution in [2.45, 2.75) is 71.0 Å². The van der Waals surface area contributed by atoms with E-state index in [1.54, 1.807) is 0 Å². The Morgan fingerprint density at radius 1 is 1.00 bits per heavy atom. The molecule has 1 saturated heterocycles. The zero-order chi connectivity index (χ0) is 24.6. The number of ether oxygens (including phenoxy) is 3. The Balaban J connectivity index is 1.84. The number of esters is 1. The van der Waals surface area contributed by atoms with Gasteiger partial charge in [-0.3, -0.25) is 4.90 Å². The summed E-state index contributed by atoms with van der Waals surface area (Å²) in [7, 11) is 0. The summed E-state index contributed by atoms with van der Waals surface area (Å²) >= 11 is 0. The molecule has 6 nitrogen and oxygen atoms in total. The van der Waals surface area contributed by atoms with Gasteiger partial charge in [0.25, 0.3) is 0 Å². The van der Waals surface area contributed by atoms with Crippen molar-refractivity contribution in [2.24, 2.45) is 0 Å². The van der Waals surface area contributed by atoms with E-state index < -0.39 is 23.2 Å². The summed E-state index contributed by atoms with van der Waals surface area (Å²) in [6.07, 6.45) is 3.54. The van der Waals surface area contributed by atoms with Crippen molar-refractivity contribution in [3.05, 3.63) is 83.9 Å². The van der Waals surface area contributed by atoms with Crippen molar-refractivity contribution < 1.29 is 23.8 Å². The molecule has 3 rings (SSSR count). The molecule has 182 valence electrons. The molecule has 0 spiro atoms. The van der Waals surface area contributed by atoms with Gasteiger partial charge in [-0.1, -0.05) is 72.8 Å². The van der Waals surface area contributed by atoms with Crippen LogP contribution in [-0.2, 0) is 32.2 Å². The third kappa shape index (κ3) is 6.70. The van der Waals surface area contributed by atoms with Crippen LogP contribution in [0.4, 0.5) is 4.79 Å². The maximum absolute atomic E-state index is 13.6. The van der Waals surface area contributed by atoms with Gasteiger partial charge in [0.1, 0.15) is 17.7 Å². The number of likely N-dealkylation sites (tertiary alicyclic amines) is 1. The fourth-order valence-corrected chi connectivity index (χ4v) is 4.04. The Morgan fingerprint density at radius 3 is 2.15 bits per heavy atom. The van der Waals surface area contributed by atoms with Crippen LogP contribution in [0, 0.1) is 0 Å². The smallest absolute Gasteiger partial charge is 0.411 e. The van der Waals surface area contributed by atoms with Gasteiger partial charge in [-0.15, -0.1) is 0 Å². The highest BCUT2D eigenvalue weighted by Crippen LogP contribution is 2.38. The van der Waals surface area contributed by atoms with Gasteiger partial charge in [-0.05, 0) is 45.2 Å². The molecule has 0 aromatic heterocycles. The first kappa shape index (κ1) is 25.5. The van der Waals surface area contributed by atoms with Crippen molar-refractivity contribution >= 4 is 12.1 Å². The molecule has 0 radical (unpaired) electrons. The Labute approximate surface area is 202 Å². The van der Waals surface area contributed by atoms with Crippen molar-refractivity contribution in [3.63, 3.8) is 0 Å². The number of nitrogens with zero attached hydrogens (tertiary/aromatic N) is 1. The van der Waals surface area contributed by atoms with Crippen LogP contribution in [-0.4, -0.2) is 40.8 Å². The van der Waals surface area contributed by atoms with E-state index in [-0.39, 0.29) is 19.3 Å². The number of amides is 1. The second-order valence-electron chi connectivity index (χ2n) is 9.58. The molecule has 6 heteroatoms. The topological polar surface area (TPSA) is 65.1 Å². The van der Waals surface area contributed by atoms with Crippen LogP contribution >= 0.6 is 0 Å². The summed E-state index contributed by atoms with van der Waals surface area (Å²) in [5.74, 6) is -0.453. The normalized spacial score (nSPS) is 20.5. The van der Waals surface area contributed by atoms with Crippen LogP contribution < -0.4 is 0 Å². The van der Waals surface area contributed by atoms with Crippen molar-refractivity contribution in [3.8, 4) is 0 Å². The van der Waals surface area contributed by atoms with E-state index in [0.29, 0.717) is 19.4 Å². The van der Waals surface area contributed by atoms with Crippen molar-refractivity contribution in [1.82, 2.24) is 4.90 Å². The molecule has 2 aromatic carbocycles. The Bertz CT molecular complexity index is 967. The number of rotatable bonds is 8. The minimum Gasteiger partial charge on any atom is -0.459 e. The number of benzene rings is 2. The van der Waals surface area contributed by atoms with Gasteiger partial charge in [0, 0.05) is 6.42 Å². The van der Waals surface area contributed by atoms with Gasteiger partial charge in [0.15, 0.2) is 0 Å². The largest absolute Gasteiger partial charge is 0.459 e. The lowest BCUT2D eigenvalue weighted by molar-refractivity contribution is -0.157. The minimum atomic E-state index is -1.20. The molecule has 34 heavy (non-hydrogen) atoms. The predicted octanol–water partition coefficient (Wildman–Crippen LogP) is 5.66. The molecule has 0 bridgehead atoms. The first-order valence-electron chi connectivity index (χ1n) is 11.7. The Hall–Kier alpha value is -3.12. The highest BCUT2D eigenvalue weighted by Gasteiger charge is 2.55. The molecule has 0 N–H and O–H groups in total. The summed E-state index contributed by atoms with van der Waals surface area (Å²) in [6.45, 7) is 8.10. The minimum absolute atomic E-state index is 0.134. The third-order valence-electron chi connectivity index (χ3n) is 5.69. The summed E-state index contributed by atoms with van der Waals surface area (Å²) in [5.41, 5.74) is 0.0188. The average molecular weight is 466 g/mol. The second kappa shape index (κ2) is 11.3. The van der Waals surface area contributed by atoms with Gasteiger partial charge < -0.3 is 14.2 Å². The van der Waals surface area contributed by atoms with Crippen LogP contribution in [0.1, 0.15) is 51.7 Å². The van der Waals surface area contributed by atoms with Crippen molar-refractivity contribution in [2.75, 3.05) is 6.54 Å². The first-order chi connectivity index (χ1) is 16.2. The van der Waals surface area contributed by atoms with E-state index in [2.05, 4.69) is 0 Å². The SMILES string of the molecule is CC=CCC1(C(=O)OCc2ccccc2)C[C@@H](OCc2ccccc2)CN1C(=O)OC(C)(C)C. The molecule has 2 atom stereocenters. The van der Waals surface area contributed by atoms with Gasteiger partial charge in [-0.2, -0.15) is 0 Å². The fourth-order valence-electron chi connectivity index (χ4n) is 4.04. The van der Waals surface area contributed by atoms with Gasteiger partial charge in [0.05, 0.1) is 19.3 Å². The molecular formula is C28H35NO5. The summed E-state index contributed by atoms with van der Waals surface area (Å²) < 4.78 is 17.6. The molecule has 1 fully saturated rings. The maximum atomic E-state index is 13.6.